The van der Waals surface area contributed by atoms with Gasteiger partial charge in [-0.15, -0.1) is 0 Å². The highest BCUT2D eigenvalue weighted by molar-refractivity contribution is 6.32. The minimum Gasteiger partial charge on any atom is -0.484 e. The molecular weight excluding hydrogens is 278 g/mol. The molecule has 0 atom stereocenters. The molecule has 0 radical (unpaired) electrons. The van der Waals surface area contributed by atoms with Gasteiger partial charge in [0.25, 0.3) is 5.91 Å². The molecule has 0 saturated carbocycles. The molecule has 0 aliphatic heterocycles. The number of amides is 1. The standard InChI is InChI=1S/C14H14ClN3O2/c15-14-12(2-1-7-17-14)18-13(19)9-20-11-5-3-10(8-16)4-6-11/h1-7H,8-9,16H2,(H,18,19). The van der Waals surface area contributed by atoms with Crippen LogP contribution in [0.5, 0.6) is 5.75 Å². The van der Waals surface area contributed by atoms with Crippen LogP contribution in [-0.4, -0.2) is 17.5 Å². The molecule has 6 heteroatoms. The summed E-state index contributed by atoms with van der Waals surface area (Å²) >= 11 is 5.84. The Morgan fingerprint density at radius 3 is 2.70 bits per heavy atom. The zero-order valence-corrected chi connectivity index (χ0v) is 11.4. The van der Waals surface area contributed by atoms with Crippen LogP contribution in [0.15, 0.2) is 42.6 Å². The van der Waals surface area contributed by atoms with E-state index in [1.807, 2.05) is 12.1 Å². The summed E-state index contributed by atoms with van der Waals surface area (Å²) in [5, 5.41) is 2.87. The third-order valence-corrected chi connectivity index (χ3v) is 2.86. The zero-order valence-electron chi connectivity index (χ0n) is 10.7. The Bertz CT molecular complexity index is 587. The Morgan fingerprint density at radius 2 is 2.05 bits per heavy atom. The van der Waals surface area contributed by atoms with Gasteiger partial charge in [-0.2, -0.15) is 0 Å². The van der Waals surface area contributed by atoms with E-state index in [4.69, 9.17) is 22.1 Å². The van der Waals surface area contributed by atoms with Gasteiger partial charge in [0.05, 0.1) is 5.69 Å². The minimum atomic E-state index is -0.303. The van der Waals surface area contributed by atoms with Gasteiger partial charge in [-0.25, -0.2) is 4.98 Å². The minimum absolute atomic E-state index is 0.104. The molecule has 0 unspecified atom stereocenters. The van der Waals surface area contributed by atoms with E-state index in [-0.39, 0.29) is 17.7 Å². The van der Waals surface area contributed by atoms with E-state index in [2.05, 4.69) is 10.3 Å². The Hall–Kier alpha value is -2.11. The van der Waals surface area contributed by atoms with Crippen molar-refractivity contribution in [2.75, 3.05) is 11.9 Å². The average Bonchev–Trinajstić information content (AvgIpc) is 2.48. The number of benzene rings is 1. The summed E-state index contributed by atoms with van der Waals surface area (Å²) in [5.74, 6) is 0.303. The number of hydrogen-bond acceptors (Lipinski definition) is 4. The van der Waals surface area contributed by atoms with E-state index in [0.29, 0.717) is 18.0 Å². The van der Waals surface area contributed by atoms with Crippen LogP contribution in [0.2, 0.25) is 5.15 Å². The van der Waals surface area contributed by atoms with E-state index in [1.165, 1.54) is 0 Å². The van der Waals surface area contributed by atoms with Crippen molar-refractivity contribution in [1.82, 2.24) is 4.98 Å². The van der Waals surface area contributed by atoms with Crippen LogP contribution >= 0.6 is 11.6 Å². The van der Waals surface area contributed by atoms with Gasteiger partial charge in [0.2, 0.25) is 0 Å². The first-order chi connectivity index (χ1) is 9.69. The highest BCUT2D eigenvalue weighted by Gasteiger charge is 2.06. The van der Waals surface area contributed by atoms with Crippen LogP contribution < -0.4 is 15.8 Å². The number of halogens is 1. The van der Waals surface area contributed by atoms with Gasteiger partial charge < -0.3 is 15.8 Å². The van der Waals surface area contributed by atoms with Crippen molar-refractivity contribution in [3.05, 3.63) is 53.3 Å². The number of ether oxygens (including phenoxy) is 1. The number of carbonyl (C=O) groups is 1. The third-order valence-electron chi connectivity index (χ3n) is 2.56. The predicted octanol–water partition coefficient (Wildman–Crippen LogP) is 2.21. The Kier molecular flexibility index (Phi) is 4.92. The molecule has 0 bridgehead atoms. The number of aromatic nitrogens is 1. The molecule has 0 saturated heterocycles. The first kappa shape index (κ1) is 14.3. The molecule has 1 heterocycles. The molecule has 1 aromatic carbocycles. The lowest BCUT2D eigenvalue weighted by molar-refractivity contribution is -0.118. The highest BCUT2D eigenvalue weighted by Crippen LogP contribution is 2.17. The lowest BCUT2D eigenvalue weighted by Crippen LogP contribution is -2.20. The van der Waals surface area contributed by atoms with Gasteiger partial charge in [0.15, 0.2) is 11.8 Å². The van der Waals surface area contributed by atoms with Crippen LogP contribution in [0.25, 0.3) is 0 Å². The number of nitrogens with zero attached hydrogens (tertiary/aromatic N) is 1. The molecule has 20 heavy (non-hydrogen) atoms. The van der Waals surface area contributed by atoms with E-state index in [0.717, 1.165) is 5.56 Å². The molecule has 1 amide bonds. The largest absolute Gasteiger partial charge is 0.484 e. The molecule has 0 aliphatic rings. The molecule has 104 valence electrons. The van der Waals surface area contributed by atoms with Crippen LogP contribution in [0.3, 0.4) is 0 Å². The number of anilines is 1. The smallest absolute Gasteiger partial charge is 0.262 e. The Balaban J connectivity index is 1.87. The summed E-state index contributed by atoms with van der Waals surface area (Å²) < 4.78 is 5.36. The fourth-order valence-corrected chi connectivity index (χ4v) is 1.70. The second-order valence-electron chi connectivity index (χ2n) is 4.03. The van der Waals surface area contributed by atoms with Crippen molar-refractivity contribution < 1.29 is 9.53 Å². The van der Waals surface area contributed by atoms with Gasteiger partial charge >= 0.3 is 0 Å². The molecule has 0 spiro atoms. The average molecular weight is 292 g/mol. The normalized spacial score (nSPS) is 10.1. The van der Waals surface area contributed by atoms with E-state index < -0.39 is 0 Å². The lowest BCUT2D eigenvalue weighted by Gasteiger charge is -2.08. The number of rotatable bonds is 5. The summed E-state index contributed by atoms with van der Waals surface area (Å²) in [4.78, 5) is 15.6. The number of nitrogens with two attached hydrogens (primary N) is 1. The molecule has 3 N–H and O–H groups in total. The summed E-state index contributed by atoms with van der Waals surface area (Å²) in [6.07, 6.45) is 1.55. The van der Waals surface area contributed by atoms with Gasteiger partial charge in [-0.05, 0) is 29.8 Å². The fraction of sp³-hybridized carbons (Fsp3) is 0.143. The van der Waals surface area contributed by atoms with Crippen molar-refractivity contribution in [2.24, 2.45) is 5.73 Å². The fourth-order valence-electron chi connectivity index (χ4n) is 1.54. The van der Waals surface area contributed by atoms with Gasteiger partial charge in [0, 0.05) is 12.7 Å². The number of hydrogen-bond donors (Lipinski definition) is 2. The van der Waals surface area contributed by atoms with Crippen molar-refractivity contribution in [3.63, 3.8) is 0 Å². The van der Waals surface area contributed by atoms with Gasteiger partial charge in [-0.3, -0.25) is 4.79 Å². The predicted molar refractivity (Wildman–Crippen MR) is 77.7 cm³/mol. The van der Waals surface area contributed by atoms with Gasteiger partial charge in [0.1, 0.15) is 5.75 Å². The van der Waals surface area contributed by atoms with Crippen LogP contribution in [0.4, 0.5) is 5.69 Å². The topological polar surface area (TPSA) is 77.2 Å². The van der Waals surface area contributed by atoms with Gasteiger partial charge in [-0.1, -0.05) is 23.7 Å². The Labute approximate surface area is 121 Å². The first-order valence-corrected chi connectivity index (χ1v) is 6.39. The van der Waals surface area contributed by atoms with Crippen molar-refractivity contribution in [3.8, 4) is 5.75 Å². The maximum atomic E-state index is 11.7. The van der Waals surface area contributed by atoms with Crippen LogP contribution in [0, 0.1) is 0 Å². The van der Waals surface area contributed by atoms with Crippen molar-refractivity contribution >= 4 is 23.2 Å². The number of nitrogens with one attached hydrogen (secondary N) is 1. The molecule has 5 nitrogen and oxygen atoms in total. The molecule has 0 aliphatic carbocycles. The molecule has 2 rings (SSSR count). The SMILES string of the molecule is NCc1ccc(OCC(=O)Nc2cccnc2Cl)cc1. The second-order valence-corrected chi connectivity index (χ2v) is 4.38. The van der Waals surface area contributed by atoms with E-state index in [1.54, 1.807) is 30.5 Å². The number of carbonyl (C=O) groups excluding carboxylic acids is 1. The summed E-state index contributed by atoms with van der Waals surface area (Å²) in [6, 6.07) is 10.6. The third kappa shape index (κ3) is 3.94. The summed E-state index contributed by atoms with van der Waals surface area (Å²) in [5.41, 5.74) is 6.96. The monoisotopic (exact) mass is 291 g/mol. The highest BCUT2D eigenvalue weighted by atomic mass is 35.5. The van der Waals surface area contributed by atoms with E-state index >= 15 is 0 Å². The Morgan fingerprint density at radius 1 is 1.30 bits per heavy atom. The van der Waals surface area contributed by atoms with Crippen LogP contribution in [-0.2, 0) is 11.3 Å². The van der Waals surface area contributed by atoms with Crippen LogP contribution in [0.1, 0.15) is 5.56 Å². The maximum absolute atomic E-state index is 11.7. The lowest BCUT2D eigenvalue weighted by atomic mass is 10.2. The van der Waals surface area contributed by atoms with Crippen molar-refractivity contribution in [2.45, 2.75) is 6.54 Å². The molecule has 0 fully saturated rings. The molecule has 1 aromatic heterocycles. The maximum Gasteiger partial charge on any atom is 0.262 e. The second kappa shape index (κ2) is 6.88. The number of pyridine rings is 1. The van der Waals surface area contributed by atoms with Crippen molar-refractivity contribution in [1.29, 1.82) is 0 Å². The molecule has 2 aromatic rings. The zero-order chi connectivity index (χ0) is 14.4. The molecular formula is C14H14ClN3O2. The van der Waals surface area contributed by atoms with E-state index in [9.17, 15) is 4.79 Å². The quantitative estimate of drug-likeness (QED) is 0.828. The summed E-state index contributed by atoms with van der Waals surface area (Å²) in [7, 11) is 0. The summed E-state index contributed by atoms with van der Waals surface area (Å²) in [6.45, 7) is 0.369. The first-order valence-electron chi connectivity index (χ1n) is 6.01.